The molecule has 0 spiro atoms. The second-order valence-electron chi connectivity index (χ2n) is 4.57. The highest BCUT2D eigenvalue weighted by atomic mass is 16.4. The molecule has 0 saturated heterocycles. The average Bonchev–Trinajstić information content (AvgIpc) is 2.55. The van der Waals surface area contributed by atoms with Gasteiger partial charge in [0, 0.05) is 5.92 Å². The molecule has 1 aromatic heterocycles. The lowest BCUT2D eigenvalue weighted by atomic mass is 9.85. The van der Waals surface area contributed by atoms with Gasteiger partial charge in [0.25, 0.3) is 0 Å². The Balaban J connectivity index is 2.14. The first kappa shape index (κ1) is 10.3. The Labute approximate surface area is 98.9 Å². The van der Waals surface area contributed by atoms with E-state index in [0.29, 0.717) is 5.92 Å². The highest BCUT2D eigenvalue weighted by Crippen LogP contribution is 2.37. The summed E-state index contributed by atoms with van der Waals surface area (Å²) in [5.41, 5.74) is 1.83. The van der Waals surface area contributed by atoms with E-state index in [9.17, 15) is 4.79 Å². The summed E-state index contributed by atoms with van der Waals surface area (Å²) in [5, 5.41) is 8.99. The molecule has 1 aliphatic carbocycles. The highest BCUT2D eigenvalue weighted by Gasteiger charge is 2.26. The molecule has 4 heteroatoms. The fraction of sp³-hybridized carbons (Fsp3) is 0.385. The van der Waals surface area contributed by atoms with Gasteiger partial charge in [-0.25, -0.2) is 4.98 Å². The van der Waals surface area contributed by atoms with Crippen molar-refractivity contribution in [3.8, 4) is 0 Å². The Morgan fingerprint density at radius 2 is 2.18 bits per heavy atom. The molecule has 0 radical (unpaired) electrons. The van der Waals surface area contributed by atoms with Gasteiger partial charge in [0.2, 0.25) is 0 Å². The zero-order valence-corrected chi connectivity index (χ0v) is 9.47. The summed E-state index contributed by atoms with van der Waals surface area (Å²) in [4.78, 5) is 15.5. The van der Waals surface area contributed by atoms with Gasteiger partial charge in [0.15, 0.2) is 0 Å². The van der Waals surface area contributed by atoms with Crippen molar-refractivity contribution < 1.29 is 9.90 Å². The average molecular weight is 230 g/mol. The number of nitrogens with zero attached hydrogens (tertiary/aromatic N) is 2. The quantitative estimate of drug-likeness (QED) is 0.880. The Morgan fingerprint density at radius 1 is 1.41 bits per heavy atom. The van der Waals surface area contributed by atoms with Gasteiger partial charge in [-0.05, 0) is 25.0 Å². The minimum absolute atomic E-state index is 0.00630. The number of imidazole rings is 1. The van der Waals surface area contributed by atoms with Crippen LogP contribution in [0.5, 0.6) is 0 Å². The zero-order valence-electron chi connectivity index (χ0n) is 9.47. The minimum Gasteiger partial charge on any atom is -0.480 e. The number of hydrogen-bond acceptors (Lipinski definition) is 2. The zero-order chi connectivity index (χ0) is 11.8. The maximum Gasteiger partial charge on any atom is 0.323 e. The van der Waals surface area contributed by atoms with Crippen LogP contribution in [0.4, 0.5) is 0 Å². The lowest BCUT2D eigenvalue weighted by Crippen LogP contribution is -2.18. The van der Waals surface area contributed by atoms with Crippen LogP contribution < -0.4 is 0 Å². The third-order valence-electron chi connectivity index (χ3n) is 3.45. The molecule has 0 amide bonds. The smallest absolute Gasteiger partial charge is 0.323 e. The van der Waals surface area contributed by atoms with Crippen molar-refractivity contribution in [2.75, 3.05) is 0 Å². The summed E-state index contributed by atoms with van der Waals surface area (Å²) in [6, 6.07) is 7.74. The first-order valence-electron chi connectivity index (χ1n) is 5.92. The van der Waals surface area contributed by atoms with E-state index in [1.54, 1.807) is 0 Å². The van der Waals surface area contributed by atoms with Crippen molar-refractivity contribution in [3.63, 3.8) is 0 Å². The molecule has 0 atom stereocenters. The van der Waals surface area contributed by atoms with E-state index >= 15 is 0 Å². The van der Waals surface area contributed by atoms with Crippen molar-refractivity contribution in [3.05, 3.63) is 30.1 Å². The predicted octanol–water partition coefficient (Wildman–Crippen LogP) is 2.39. The summed E-state index contributed by atoms with van der Waals surface area (Å²) in [6.45, 7) is 0.00630. The van der Waals surface area contributed by atoms with E-state index in [1.165, 1.54) is 6.42 Å². The highest BCUT2D eigenvalue weighted by molar-refractivity contribution is 5.78. The molecule has 88 valence electrons. The van der Waals surface area contributed by atoms with Crippen molar-refractivity contribution in [2.45, 2.75) is 31.7 Å². The van der Waals surface area contributed by atoms with E-state index in [4.69, 9.17) is 5.11 Å². The van der Waals surface area contributed by atoms with Crippen molar-refractivity contribution >= 4 is 17.0 Å². The molecule has 0 aliphatic heterocycles. The van der Waals surface area contributed by atoms with E-state index in [-0.39, 0.29) is 6.54 Å². The van der Waals surface area contributed by atoms with Crippen molar-refractivity contribution in [1.82, 2.24) is 9.55 Å². The van der Waals surface area contributed by atoms with Gasteiger partial charge in [-0.3, -0.25) is 4.79 Å². The van der Waals surface area contributed by atoms with Crippen LogP contribution in [0.2, 0.25) is 0 Å². The molecule has 1 aromatic carbocycles. The van der Waals surface area contributed by atoms with Crippen LogP contribution in [0, 0.1) is 0 Å². The van der Waals surface area contributed by atoms with Gasteiger partial charge in [0.05, 0.1) is 11.0 Å². The number of hydrogen-bond donors (Lipinski definition) is 1. The number of aromatic nitrogens is 2. The van der Waals surface area contributed by atoms with Gasteiger partial charge >= 0.3 is 5.97 Å². The number of carboxylic acid groups (broad SMARTS) is 1. The summed E-state index contributed by atoms with van der Waals surface area (Å²) in [6.07, 6.45) is 3.48. The van der Waals surface area contributed by atoms with E-state index in [1.807, 2.05) is 28.8 Å². The van der Waals surface area contributed by atoms with Crippen LogP contribution in [-0.4, -0.2) is 20.6 Å². The number of carbonyl (C=O) groups is 1. The number of benzene rings is 1. The third kappa shape index (κ3) is 1.69. The third-order valence-corrected chi connectivity index (χ3v) is 3.45. The van der Waals surface area contributed by atoms with Crippen LogP contribution in [0.3, 0.4) is 0 Å². The Hall–Kier alpha value is -1.84. The van der Waals surface area contributed by atoms with Crippen LogP contribution in [0.15, 0.2) is 24.3 Å². The molecule has 1 aliphatic rings. The van der Waals surface area contributed by atoms with E-state index in [0.717, 1.165) is 29.7 Å². The molecular formula is C13H14N2O2. The Morgan fingerprint density at radius 3 is 2.82 bits per heavy atom. The monoisotopic (exact) mass is 230 g/mol. The molecule has 1 fully saturated rings. The van der Waals surface area contributed by atoms with Gasteiger partial charge in [-0.15, -0.1) is 0 Å². The molecule has 4 nitrogen and oxygen atoms in total. The van der Waals surface area contributed by atoms with E-state index in [2.05, 4.69) is 4.98 Å². The fourth-order valence-corrected chi connectivity index (χ4v) is 2.37. The Kier molecular flexibility index (Phi) is 2.35. The molecule has 1 N–H and O–H groups in total. The largest absolute Gasteiger partial charge is 0.480 e. The number of para-hydroxylation sites is 2. The summed E-state index contributed by atoms with van der Waals surface area (Å²) >= 11 is 0. The number of aliphatic carboxylic acids is 1. The van der Waals surface area contributed by atoms with Gasteiger partial charge in [0.1, 0.15) is 12.4 Å². The molecule has 0 unspecified atom stereocenters. The summed E-state index contributed by atoms with van der Waals surface area (Å²) < 4.78 is 1.85. The molecular weight excluding hydrogens is 216 g/mol. The summed E-state index contributed by atoms with van der Waals surface area (Å²) in [5.74, 6) is 0.579. The van der Waals surface area contributed by atoms with Crippen LogP contribution in [0.25, 0.3) is 11.0 Å². The minimum atomic E-state index is -0.811. The van der Waals surface area contributed by atoms with E-state index < -0.39 is 5.97 Å². The molecule has 17 heavy (non-hydrogen) atoms. The predicted molar refractivity (Wildman–Crippen MR) is 64.0 cm³/mol. The van der Waals surface area contributed by atoms with Crippen molar-refractivity contribution in [1.29, 1.82) is 0 Å². The van der Waals surface area contributed by atoms with Crippen molar-refractivity contribution in [2.24, 2.45) is 0 Å². The molecule has 1 saturated carbocycles. The number of rotatable bonds is 3. The molecule has 2 aromatic rings. The first-order chi connectivity index (χ1) is 8.25. The maximum absolute atomic E-state index is 10.9. The van der Waals surface area contributed by atoms with Crippen LogP contribution >= 0.6 is 0 Å². The second-order valence-corrected chi connectivity index (χ2v) is 4.57. The SMILES string of the molecule is O=C(O)Cn1c(C2CCC2)nc2ccccc21. The number of fused-ring (bicyclic) bond motifs is 1. The number of carboxylic acids is 1. The fourth-order valence-electron chi connectivity index (χ4n) is 2.37. The second kappa shape index (κ2) is 3.87. The summed E-state index contributed by atoms with van der Waals surface area (Å²) in [7, 11) is 0. The Bertz CT molecular complexity index is 570. The topological polar surface area (TPSA) is 55.1 Å². The van der Waals surface area contributed by atoms with Crippen LogP contribution in [-0.2, 0) is 11.3 Å². The molecule has 1 heterocycles. The standard InChI is InChI=1S/C13H14N2O2/c16-12(17)8-15-11-7-2-1-6-10(11)14-13(15)9-4-3-5-9/h1-2,6-7,9H,3-5,8H2,(H,16,17). The lowest BCUT2D eigenvalue weighted by molar-refractivity contribution is -0.137. The van der Waals surface area contributed by atoms with Crippen LogP contribution in [0.1, 0.15) is 31.0 Å². The van der Waals surface area contributed by atoms with Gasteiger partial charge in [-0.2, -0.15) is 0 Å². The molecule has 3 rings (SSSR count). The lowest BCUT2D eigenvalue weighted by Gasteiger charge is -2.25. The van der Waals surface area contributed by atoms with Gasteiger partial charge in [-0.1, -0.05) is 18.6 Å². The first-order valence-corrected chi connectivity index (χ1v) is 5.92. The maximum atomic E-state index is 10.9. The normalized spacial score (nSPS) is 16.0. The van der Waals surface area contributed by atoms with Gasteiger partial charge < -0.3 is 9.67 Å². The molecule has 0 bridgehead atoms.